The maximum Gasteiger partial charge on any atom is 0.140 e. The van der Waals surface area contributed by atoms with Crippen molar-refractivity contribution in [1.82, 2.24) is 0 Å². The van der Waals surface area contributed by atoms with Crippen molar-refractivity contribution in [2.24, 2.45) is 0 Å². The molecule has 1 aromatic rings. The van der Waals surface area contributed by atoms with Crippen LogP contribution in [0.4, 0.5) is 0 Å². The number of hydrogen-bond acceptors (Lipinski definition) is 2. The molecule has 1 aromatic carbocycles. The third-order valence-electron chi connectivity index (χ3n) is 2.60. The second-order valence-electron chi connectivity index (χ2n) is 3.50. The van der Waals surface area contributed by atoms with Crippen LogP contribution in [0.3, 0.4) is 0 Å². The van der Waals surface area contributed by atoms with Crippen LogP contribution < -0.4 is 0 Å². The molecule has 0 aromatic heterocycles. The van der Waals surface area contributed by atoms with Gasteiger partial charge in [-0.2, -0.15) is 0 Å². The molecular formula is C11H12O2. The summed E-state index contributed by atoms with van der Waals surface area (Å²) < 4.78 is 0. The maximum absolute atomic E-state index is 11.4. The highest BCUT2D eigenvalue weighted by Crippen LogP contribution is 2.31. The summed E-state index contributed by atoms with van der Waals surface area (Å²) in [5.74, 6) is 0.681. The Labute approximate surface area is 77.2 Å². The van der Waals surface area contributed by atoms with Crippen molar-refractivity contribution >= 4 is 5.78 Å². The topological polar surface area (TPSA) is 37.3 Å². The van der Waals surface area contributed by atoms with Crippen LogP contribution in [0, 0.1) is 0 Å². The van der Waals surface area contributed by atoms with Gasteiger partial charge in [-0.25, -0.2) is 0 Å². The molecule has 2 rings (SSSR count). The van der Waals surface area contributed by atoms with Gasteiger partial charge in [0.2, 0.25) is 0 Å². The van der Waals surface area contributed by atoms with Gasteiger partial charge in [-0.05, 0) is 30.5 Å². The van der Waals surface area contributed by atoms with Crippen LogP contribution in [0.2, 0.25) is 0 Å². The van der Waals surface area contributed by atoms with Crippen LogP contribution in [0.25, 0.3) is 0 Å². The van der Waals surface area contributed by atoms with Gasteiger partial charge < -0.3 is 5.11 Å². The number of hydrogen-bond donors (Lipinski definition) is 1. The summed E-state index contributed by atoms with van der Waals surface area (Å²) in [6, 6.07) is 6.95. The molecule has 1 aliphatic carbocycles. The summed E-state index contributed by atoms with van der Waals surface area (Å²) in [5.41, 5.74) is 1.04. The Hall–Kier alpha value is -1.31. The van der Waals surface area contributed by atoms with Gasteiger partial charge in [-0.1, -0.05) is 12.1 Å². The molecule has 13 heavy (non-hydrogen) atoms. The van der Waals surface area contributed by atoms with Gasteiger partial charge >= 0.3 is 0 Å². The Morgan fingerprint density at radius 1 is 1.23 bits per heavy atom. The third-order valence-corrected chi connectivity index (χ3v) is 2.60. The molecule has 1 atom stereocenters. The number of carbonyl (C=O) groups is 1. The van der Waals surface area contributed by atoms with Gasteiger partial charge in [0, 0.05) is 12.3 Å². The predicted molar refractivity (Wildman–Crippen MR) is 49.7 cm³/mol. The van der Waals surface area contributed by atoms with Gasteiger partial charge in [0.15, 0.2) is 0 Å². The van der Waals surface area contributed by atoms with Crippen LogP contribution in [0.15, 0.2) is 24.3 Å². The molecule has 1 N–H and O–H groups in total. The first-order chi connectivity index (χ1) is 6.27. The molecule has 68 valence electrons. The minimum Gasteiger partial charge on any atom is -0.508 e. The van der Waals surface area contributed by atoms with Gasteiger partial charge in [0.25, 0.3) is 0 Å². The standard InChI is InChI=1S/C11H12O2/c12-9-6-4-8(5-7-9)10-2-1-3-11(10)13/h4-7,10,12H,1-3H2. The highest BCUT2D eigenvalue weighted by Gasteiger charge is 2.25. The van der Waals surface area contributed by atoms with E-state index in [1.165, 1.54) is 0 Å². The highest BCUT2D eigenvalue weighted by atomic mass is 16.3. The SMILES string of the molecule is O=C1CCCC1c1ccc(O)cc1. The van der Waals surface area contributed by atoms with E-state index in [1.807, 2.05) is 12.1 Å². The van der Waals surface area contributed by atoms with E-state index in [2.05, 4.69) is 0 Å². The number of rotatable bonds is 1. The second kappa shape index (κ2) is 3.21. The molecule has 1 fully saturated rings. The number of phenols is 1. The Morgan fingerprint density at radius 2 is 1.92 bits per heavy atom. The average molecular weight is 176 g/mol. The van der Waals surface area contributed by atoms with Crippen molar-refractivity contribution in [2.75, 3.05) is 0 Å². The third kappa shape index (κ3) is 1.57. The molecule has 0 saturated heterocycles. The first-order valence-corrected chi connectivity index (χ1v) is 4.59. The van der Waals surface area contributed by atoms with E-state index in [-0.39, 0.29) is 11.7 Å². The van der Waals surface area contributed by atoms with Gasteiger partial charge in [-0.3, -0.25) is 4.79 Å². The smallest absolute Gasteiger partial charge is 0.140 e. The molecule has 2 nitrogen and oxygen atoms in total. The summed E-state index contributed by atoms with van der Waals surface area (Å²) in [4.78, 5) is 11.4. The zero-order valence-corrected chi connectivity index (χ0v) is 7.36. The lowest BCUT2D eigenvalue weighted by Gasteiger charge is -2.07. The van der Waals surface area contributed by atoms with E-state index < -0.39 is 0 Å². The summed E-state index contributed by atoms with van der Waals surface area (Å²) >= 11 is 0. The van der Waals surface area contributed by atoms with Crippen molar-refractivity contribution in [1.29, 1.82) is 0 Å². The minimum absolute atomic E-state index is 0.0839. The zero-order chi connectivity index (χ0) is 9.26. The summed E-state index contributed by atoms with van der Waals surface area (Å²) in [6.45, 7) is 0. The number of Topliss-reactive ketones (excluding diaryl/α,β-unsaturated/α-hetero) is 1. The second-order valence-corrected chi connectivity index (χ2v) is 3.50. The van der Waals surface area contributed by atoms with Crippen LogP contribution in [-0.2, 0) is 4.79 Å². The van der Waals surface area contributed by atoms with E-state index in [4.69, 9.17) is 5.11 Å². The number of phenolic OH excluding ortho intramolecular Hbond substituents is 1. The van der Waals surface area contributed by atoms with Crippen molar-refractivity contribution in [3.8, 4) is 5.75 Å². The Bertz CT molecular complexity index is 313. The zero-order valence-electron chi connectivity index (χ0n) is 7.36. The lowest BCUT2D eigenvalue weighted by molar-refractivity contribution is -0.118. The summed E-state index contributed by atoms with van der Waals surface area (Å²) in [6.07, 6.45) is 2.68. The molecule has 0 bridgehead atoms. The van der Waals surface area contributed by atoms with E-state index >= 15 is 0 Å². The van der Waals surface area contributed by atoms with Crippen LogP contribution >= 0.6 is 0 Å². The normalized spacial score (nSPS) is 22.2. The molecular weight excluding hydrogens is 164 g/mol. The van der Waals surface area contributed by atoms with Gasteiger partial charge in [0.05, 0.1) is 0 Å². The number of ketones is 1. The monoisotopic (exact) mass is 176 g/mol. The molecule has 1 saturated carbocycles. The van der Waals surface area contributed by atoms with E-state index in [0.29, 0.717) is 12.2 Å². The molecule has 0 heterocycles. The first kappa shape index (κ1) is 8.30. The van der Waals surface area contributed by atoms with Crippen LogP contribution in [0.1, 0.15) is 30.7 Å². The van der Waals surface area contributed by atoms with Crippen molar-refractivity contribution in [2.45, 2.75) is 25.2 Å². The average Bonchev–Trinajstić information content (AvgIpc) is 2.53. The quantitative estimate of drug-likeness (QED) is 0.712. The lowest BCUT2D eigenvalue weighted by Crippen LogP contribution is -2.03. The number of aromatic hydroxyl groups is 1. The number of carbonyl (C=O) groups excluding carboxylic acids is 1. The minimum atomic E-state index is 0.0839. The fraction of sp³-hybridized carbons (Fsp3) is 0.364. The van der Waals surface area contributed by atoms with E-state index in [9.17, 15) is 4.79 Å². The first-order valence-electron chi connectivity index (χ1n) is 4.59. The van der Waals surface area contributed by atoms with Gasteiger partial charge in [-0.15, -0.1) is 0 Å². The number of benzene rings is 1. The summed E-state index contributed by atoms with van der Waals surface area (Å²) in [5, 5.41) is 9.08. The van der Waals surface area contributed by atoms with Crippen molar-refractivity contribution in [3.05, 3.63) is 29.8 Å². The molecule has 1 aliphatic rings. The Morgan fingerprint density at radius 3 is 2.46 bits per heavy atom. The summed E-state index contributed by atoms with van der Waals surface area (Å²) in [7, 11) is 0. The molecule has 2 heteroatoms. The predicted octanol–water partition coefficient (Wildman–Crippen LogP) is 2.23. The Balaban J connectivity index is 2.25. The van der Waals surface area contributed by atoms with Crippen molar-refractivity contribution < 1.29 is 9.90 Å². The molecule has 0 radical (unpaired) electrons. The van der Waals surface area contributed by atoms with Crippen LogP contribution in [0.5, 0.6) is 5.75 Å². The molecule has 1 unspecified atom stereocenters. The van der Waals surface area contributed by atoms with E-state index in [1.54, 1.807) is 12.1 Å². The fourth-order valence-electron chi connectivity index (χ4n) is 1.87. The van der Waals surface area contributed by atoms with E-state index in [0.717, 1.165) is 18.4 Å². The van der Waals surface area contributed by atoms with Crippen molar-refractivity contribution in [3.63, 3.8) is 0 Å². The molecule has 0 aliphatic heterocycles. The van der Waals surface area contributed by atoms with Crippen LogP contribution in [-0.4, -0.2) is 10.9 Å². The maximum atomic E-state index is 11.4. The largest absolute Gasteiger partial charge is 0.508 e. The Kier molecular flexibility index (Phi) is 2.05. The molecule has 0 amide bonds. The lowest BCUT2D eigenvalue weighted by atomic mass is 9.97. The fourth-order valence-corrected chi connectivity index (χ4v) is 1.87. The highest BCUT2D eigenvalue weighted by molar-refractivity contribution is 5.87. The van der Waals surface area contributed by atoms with Gasteiger partial charge in [0.1, 0.15) is 11.5 Å². The molecule has 0 spiro atoms.